The van der Waals surface area contributed by atoms with Crippen LogP contribution in [0.25, 0.3) is 11.1 Å². The van der Waals surface area contributed by atoms with Gasteiger partial charge in [-0.05, 0) is 83.3 Å². The van der Waals surface area contributed by atoms with E-state index >= 15 is 0 Å². The van der Waals surface area contributed by atoms with Crippen molar-refractivity contribution in [3.8, 4) is 11.1 Å². The minimum absolute atomic E-state index is 0.0405. The Labute approximate surface area is 265 Å². The number of anilines is 1. The predicted octanol–water partition coefficient (Wildman–Crippen LogP) is 7.99. The van der Waals surface area contributed by atoms with E-state index in [1.807, 2.05) is 0 Å². The van der Waals surface area contributed by atoms with Gasteiger partial charge in [0, 0.05) is 29.7 Å². The van der Waals surface area contributed by atoms with Crippen LogP contribution in [0.4, 0.5) is 50.3 Å². The summed E-state index contributed by atoms with van der Waals surface area (Å²) in [4.78, 5) is 13.1. The van der Waals surface area contributed by atoms with Gasteiger partial charge in [-0.3, -0.25) is 0 Å². The third-order valence-electron chi connectivity index (χ3n) is 6.83. The molecule has 252 valence electrons. The Morgan fingerprint density at radius 2 is 1.47 bits per heavy atom. The van der Waals surface area contributed by atoms with E-state index in [4.69, 9.17) is 16.7 Å². The molecule has 0 aliphatic rings. The minimum Gasteiger partial charge on any atom is -0.465 e. The molecule has 4 aromatic rings. The SMILES string of the molecule is CC(Cc1ccc(Cl)c(-c2ccc(C(F)(F)F)cc2CN(Cc2cc(C(F)(F)F)cc(C(F)(F)F)c2)c2nnn(C)n2)c1)NC(=O)O. The van der Waals surface area contributed by atoms with Crippen LogP contribution in [0.1, 0.15) is 40.3 Å². The molecule has 0 saturated carbocycles. The molecule has 0 spiro atoms. The van der Waals surface area contributed by atoms with Crippen molar-refractivity contribution in [1.29, 1.82) is 0 Å². The summed E-state index contributed by atoms with van der Waals surface area (Å²) < 4.78 is 123. The van der Waals surface area contributed by atoms with Gasteiger partial charge in [0.15, 0.2) is 0 Å². The van der Waals surface area contributed by atoms with E-state index in [2.05, 4.69) is 20.7 Å². The van der Waals surface area contributed by atoms with Crippen LogP contribution >= 0.6 is 11.6 Å². The second kappa shape index (κ2) is 13.3. The van der Waals surface area contributed by atoms with Gasteiger partial charge in [0.05, 0.1) is 23.7 Å². The monoisotopic (exact) mass is 694 g/mol. The van der Waals surface area contributed by atoms with Gasteiger partial charge >= 0.3 is 24.6 Å². The molecule has 1 amide bonds. The second-order valence-electron chi connectivity index (χ2n) is 10.6. The van der Waals surface area contributed by atoms with Crippen LogP contribution in [0, 0.1) is 0 Å². The summed E-state index contributed by atoms with van der Waals surface area (Å²) in [6, 6.07) is 7.71. The standard InChI is InChI=1S/C29H24ClF9N6O2/c1-15(40-26(46)47)7-16-3-6-24(30)23(10-16)22-5-4-19(27(31,32)33)11-18(22)14-45(25-41-43-44(2)42-25)13-17-8-20(28(34,35)36)12-21(9-17)29(37,38)39/h3-6,8-12,15,40H,7,13-14H2,1-2H3,(H,46,47). The number of carboxylic acid groups (broad SMARTS) is 1. The van der Waals surface area contributed by atoms with Gasteiger partial charge in [-0.2, -0.15) is 44.3 Å². The van der Waals surface area contributed by atoms with Gasteiger partial charge in [0.1, 0.15) is 0 Å². The Bertz CT molecular complexity index is 1720. The highest BCUT2D eigenvalue weighted by atomic mass is 35.5. The van der Waals surface area contributed by atoms with E-state index in [0.29, 0.717) is 17.7 Å². The molecular weight excluding hydrogens is 671 g/mol. The first-order valence-electron chi connectivity index (χ1n) is 13.5. The molecule has 0 bridgehead atoms. The molecule has 47 heavy (non-hydrogen) atoms. The first-order valence-corrected chi connectivity index (χ1v) is 13.8. The van der Waals surface area contributed by atoms with Crippen molar-refractivity contribution in [1.82, 2.24) is 25.5 Å². The quantitative estimate of drug-likeness (QED) is 0.173. The molecule has 0 fully saturated rings. The van der Waals surface area contributed by atoms with Gasteiger partial charge in [0.2, 0.25) is 0 Å². The molecular formula is C29H24ClF9N6O2. The zero-order chi connectivity index (χ0) is 34.9. The number of tetrazole rings is 1. The summed E-state index contributed by atoms with van der Waals surface area (Å²) in [5.74, 6) is -0.296. The molecule has 0 radical (unpaired) electrons. The fourth-order valence-electron chi connectivity index (χ4n) is 4.82. The molecule has 18 heteroatoms. The van der Waals surface area contributed by atoms with Gasteiger partial charge in [-0.15, -0.1) is 5.10 Å². The number of aromatic nitrogens is 4. The lowest BCUT2D eigenvalue weighted by molar-refractivity contribution is -0.143. The molecule has 3 aromatic carbocycles. The number of aryl methyl sites for hydroxylation is 1. The first-order chi connectivity index (χ1) is 21.7. The number of carbonyl (C=O) groups is 1. The molecule has 8 nitrogen and oxygen atoms in total. The van der Waals surface area contributed by atoms with Crippen LogP contribution in [0.15, 0.2) is 54.6 Å². The van der Waals surface area contributed by atoms with E-state index in [1.54, 1.807) is 19.1 Å². The van der Waals surface area contributed by atoms with Gasteiger partial charge < -0.3 is 15.3 Å². The van der Waals surface area contributed by atoms with E-state index in [9.17, 15) is 44.3 Å². The normalized spacial score (nSPS) is 13.0. The molecule has 1 unspecified atom stereocenters. The molecule has 4 rings (SSSR count). The summed E-state index contributed by atoms with van der Waals surface area (Å²) in [5, 5.41) is 22.8. The van der Waals surface area contributed by atoms with E-state index in [1.165, 1.54) is 13.1 Å². The number of hydrogen-bond acceptors (Lipinski definition) is 5. The van der Waals surface area contributed by atoms with Crippen molar-refractivity contribution in [2.75, 3.05) is 4.90 Å². The number of alkyl halides is 9. The van der Waals surface area contributed by atoms with E-state index in [-0.39, 0.29) is 40.1 Å². The lowest BCUT2D eigenvalue weighted by Gasteiger charge is -2.25. The number of halogens is 10. The highest BCUT2D eigenvalue weighted by Crippen LogP contribution is 2.39. The summed E-state index contributed by atoms with van der Waals surface area (Å²) in [6.45, 7) is 0.357. The van der Waals surface area contributed by atoms with Crippen molar-refractivity contribution in [3.05, 3.63) is 93.0 Å². The zero-order valence-electron chi connectivity index (χ0n) is 24.3. The Hall–Kier alpha value is -4.54. The van der Waals surface area contributed by atoms with Crippen LogP contribution in [0.5, 0.6) is 0 Å². The van der Waals surface area contributed by atoms with E-state index < -0.39 is 66.0 Å². The number of nitrogens with one attached hydrogen (secondary N) is 1. The molecule has 0 saturated heterocycles. The lowest BCUT2D eigenvalue weighted by atomic mass is 9.94. The van der Waals surface area contributed by atoms with Crippen molar-refractivity contribution < 1.29 is 49.4 Å². The van der Waals surface area contributed by atoms with Crippen LogP contribution in [0.2, 0.25) is 5.02 Å². The second-order valence-corrected chi connectivity index (χ2v) is 11.0. The Kier molecular flexibility index (Phi) is 9.99. The fraction of sp³-hybridized carbons (Fsp3) is 0.310. The predicted molar refractivity (Wildman–Crippen MR) is 151 cm³/mol. The molecule has 0 aliphatic carbocycles. The Balaban J connectivity index is 1.85. The average Bonchev–Trinajstić information content (AvgIpc) is 3.38. The van der Waals surface area contributed by atoms with Crippen LogP contribution in [-0.2, 0) is 45.1 Å². The van der Waals surface area contributed by atoms with E-state index in [0.717, 1.165) is 27.9 Å². The van der Waals surface area contributed by atoms with Crippen LogP contribution in [0.3, 0.4) is 0 Å². The zero-order valence-corrected chi connectivity index (χ0v) is 25.0. The van der Waals surface area contributed by atoms with Crippen molar-refractivity contribution >= 4 is 23.6 Å². The largest absolute Gasteiger partial charge is 0.465 e. The van der Waals surface area contributed by atoms with Gasteiger partial charge in [-0.1, -0.05) is 28.8 Å². The highest BCUT2D eigenvalue weighted by Gasteiger charge is 2.37. The fourth-order valence-corrected chi connectivity index (χ4v) is 5.04. The lowest BCUT2D eigenvalue weighted by Crippen LogP contribution is -2.32. The summed E-state index contributed by atoms with van der Waals surface area (Å²) >= 11 is 6.46. The van der Waals surface area contributed by atoms with Crippen molar-refractivity contribution in [3.63, 3.8) is 0 Å². The summed E-state index contributed by atoms with van der Waals surface area (Å²) in [6.07, 6.45) is -16.2. The smallest absolute Gasteiger partial charge is 0.416 e. The summed E-state index contributed by atoms with van der Waals surface area (Å²) in [5.41, 5.74) is -3.85. The third-order valence-corrected chi connectivity index (χ3v) is 7.16. The molecule has 2 N–H and O–H groups in total. The first kappa shape index (κ1) is 35.3. The number of nitrogens with zero attached hydrogens (tertiary/aromatic N) is 5. The minimum atomic E-state index is -5.14. The van der Waals surface area contributed by atoms with Crippen molar-refractivity contribution in [2.45, 2.75) is 51.0 Å². The molecule has 0 aliphatic heterocycles. The Morgan fingerprint density at radius 3 is 2.00 bits per heavy atom. The third kappa shape index (κ3) is 9.05. The maximum atomic E-state index is 13.9. The highest BCUT2D eigenvalue weighted by molar-refractivity contribution is 6.33. The average molecular weight is 695 g/mol. The van der Waals surface area contributed by atoms with Crippen LogP contribution < -0.4 is 10.2 Å². The number of benzene rings is 3. The number of amides is 1. The number of rotatable bonds is 9. The Morgan fingerprint density at radius 1 is 0.851 bits per heavy atom. The molecule has 1 aromatic heterocycles. The molecule has 1 heterocycles. The maximum absolute atomic E-state index is 13.9. The number of hydrogen-bond donors (Lipinski definition) is 2. The van der Waals surface area contributed by atoms with Gasteiger partial charge in [-0.25, -0.2) is 4.79 Å². The van der Waals surface area contributed by atoms with Gasteiger partial charge in [0.25, 0.3) is 5.95 Å². The topological polar surface area (TPSA) is 96.2 Å². The maximum Gasteiger partial charge on any atom is 0.416 e. The van der Waals surface area contributed by atoms with Crippen molar-refractivity contribution in [2.24, 2.45) is 7.05 Å². The molecule has 1 atom stereocenters. The van der Waals surface area contributed by atoms with Crippen LogP contribution in [-0.4, -0.2) is 37.4 Å². The summed E-state index contributed by atoms with van der Waals surface area (Å²) in [7, 11) is 1.34.